The third-order valence-electron chi connectivity index (χ3n) is 4.69. The number of anilines is 1. The van der Waals surface area contributed by atoms with Gasteiger partial charge in [-0.3, -0.25) is 9.53 Å². The molecule has 0 spiro atoms. The molecule has 1 aromatic rings. The molecule has 28 heavy (non-hydrogen) atoms. The Bertz CT molecular complexity index is 791. The number of urea groups is 1. The minimum atomic E-state index is -0.976. The lowest BCUT2D eigenvalue weighted by Crippen LogP contribution is -2.53. The predicted molar refractivity (Wildman–Crippen MR) is 109 cm³/mol. The van der Waals surface area contributed by atoms with E-state index < -0.39 is 28.8 Å². The van der Waals surface area contributed by atoms with E-state index in [1.807, 2.05) is 13.8 Å². The second-order valence-corrected chi connectivity index (χ2v) is 9.29. The van der Waals surface area contributed by atoms with Gasteiger partial charge < -0.3 is 14.4 Å². The van der Waals surface area contributed by atoms with Crippen molar-refractivity contribution >= 4 is 45.1 Å². The molecule has 156 valence electrons. The molecule has 2 amide bonds. The number of hydrogen-bond donors (Lipinski definition) is 1. The lowest BCUT2D eigenvalue weighted by Gasteiger charge is -2.37. The van der Waals surface area contributed by atoms with E-state index >= 15 is 0 Å². The normalized spacial score (nSPS) is 21.9. The molecule has 3 atom stereocenters. The van der Waals surface area contributed by atoms with Gasteiger partial charge in [0.1, 0.15) is 9.88 Å². The minimum Gasteiger partial charge on any atom is -0.462 e. The van der Waals surface area contributed by atoms with Crippen LogP contribution in [0.15, 0.2) is 0 Å². The number of esters is 2. The molecule has 0 radical (unpaired) electrons. The van der Waals surface area contributed by atoms with Crippen molar-refractivity contribution in [2.24, 2.45) is 0 Å². The second kappa shape index (κ2) is 9.51. The first-order chi connectivity index (χ1) is 13.2. The van der Waals surface area contributed by atoms with Crippen molar-refractivity contribution in [3.63, 3.8) is 0 Å². The fourth-order valence-electron chi connectivity index (χ4n) is 2.95. The van der Waals surface area contributed by atoms with Gasteiger partial charge in [0, 0.05) is 29.1 Å². The van der Waals surface area contributed by atoms with Crippen molar-refractivity contribution in [2.75, 3.05) is 30.8 Å². The molecule has 1 saturated heterocycles. The highest BCUT2D eigenvalue weighted by atomic mass is 32.2. The Morgan fingerprint density at radius 1 is 1.18 bits per heavy atom. The molecule has 0 aromatic carbocycles. The lowest BCUT2D eigenvalue weighted by molar-refractivity contribution is 0.0527. The molecule has 0 unspecified atom stereocenters. The first-order valence-electron chi connectivity index (χ1n) is 9.15. The van der Waals surface area contributed by atoms with Crippen molar-refractivity contribution in [1.82, 2.24) is 4.90 Å². The summed E-state index contributed by atoms with van der Waals surface area (Å²) >= 11 is 0.989. The largest absolute Gasteiger partial charge is 0.462 e. The summed E-state index contributed by atoms with van der Waals surface area (Å²) in [4.78, 5) is 39.3. The summed E-state index contributed by atoms with van der Waals surface area (Å²) in [5, 5.41) is 2.84. The van der Waals surface area contributed by atoms with Crippen LogP contribution in [0.5, 0.6) is 0 Å². The van der Waals surface area contributed by atoms with Crippen LogP contribution < -0.4 is 5.32 Å². The summed E-state index contributed by atoms with van der Waals surface area (Å²) < 4.78 is 22.1. The smallest absolute Gasteiger partial charge is 0.348 e. The number of nitrogens with zero attached hydrogens (tertiary/aromatic N) is 1. The van der Waals surface area contributed by atoms with Gasteiger partial charge >= 0.3 is 18.0 Å². The maximum atomic E-state index is 12.8. The van der Waals surface area contributed by atoms with Crippen LogP contribution in [-0.2, 0) is 20.3 Å². The van der Waals surface area contributed by atoms with Gasteiger partial charge in [-0.2, -0.15) is 0 Å². The molecule has 0 aliphatic carbocycles. The van der Waals surface area contributed by atoms with Gasteiger partial charge in [-0.1, -0.05) is 0 Å². The topological polar surface area (TPSA) is 102 Å². The van der Waals surface area contributed by atoms with Crippen LogP contribution in [0.2, 0.25) is 0 Å². The minimum absolute atomic E-state index is 0.149. The number of rotatable bonds is 5. The highest BCUT2D eigenvalue weighted by molar-refractivity contribution is 7.85. The SMILES string of the molecule is CCOC(=O)c1sc(NC(=O)N2CC[S@@](=O)[C@H](C)[C@@H]2C)c(C(=O)OCC)c1C. The molecule has 10 heteroatoms. The van der Waals surface area contributed by atoms with Crippen molar-refractivity contribution < 1.29 is 28.1 Å². The summed E-state index contributed by atoms with van der Waals surface area (Å²) in [5.74, 6) is -0.754. The van der Waals surface area contributed by atoms with Crippen molar-refractivity contribution in [3.8, 4) is 0 Å². The van der Waals surface area contributed by atoms with Gasteiger partial charge in [0.25, 0.3) is 0 Å². The monoisotopic (exact) mass is 430 g/mol. The molecule has 1 fully saturated rings. The van der Waals surface area contributed by atoms with Gasteiger partial charge in [-0.05, 0) is 40.2 Å². The Labute approximate surface area is 171 Å². The molecular weight excluding hydrogens is 404 g/mol. The molecular formula is C18H26N2O6S2. The van der Waals surface area contributed by atoms with Crippen molar-refractivity contribution in [2.45, 2.75) is 45.9 Å². The third kappa shape index (κ3) is 4.54. The van der Waals surface area contributed by atoms with E-state index in [-0.39, 0.29) is 39.9 Å². The van der Waals surface area contributed by atoms with E-state index in [1.165, 1.54) is 0 Å². The summed E-state index contributed by atoms with van der Waals surface area (Å²) in [6.07, 6.45) is 0. The number of carbonyl (C=O) groups excluding carboxylic acids is 3. The summed E-state index contributed by atoms with van der Waals surface area (Å²) in [6, 6.07) is -0.621. The first kappa shape index (κ1) is 22.4. The number of thiophene rings is 1. The molecule has 2 rings (SSSR count). The maximum Gasteiger partial charge on any atom is 0.348 e. The Kier molecular flexibility index (Phi) is 7.59. The number of nitrogens with one attached hydrogen (secondary N) is 1. The standard InChI is InChI=1S/C18H26N2O6S2/c1-6-25-16(21)13-10(3)14(17(22)26-7-2)27-15(13)19-18(23)20-8-9-28(24)12(5)11(20)4/h11-12H,6-9H2,1-5H3,(H,19,23)/t11-,12+,28+/m0/s1. The van der Waals surface area contributed by atoms with Crippen LogP contribution in [0.25, 0.3) is 0 Å². The average molecular weight is 431 g/mol. The van der Waals surface area contributed by atoms with E-state index in [4.69, 9.17) is 9.47 Å². The molecule has 1 aliphatic heterocycles. The molecule has 2 heterocycles. The van der Waals surface area contributed by atoms with Gasteiger partial charge in [0.05, 0.1) is 24.0 Å². The Hall–Kier alpha value is -1.94. The zero-order valence-corrected chi connectivity index (χ0v) is 18.3. The van der Waals surface area contributed by atoms with Gasteiger partial charge in [0.15, 0.2) is 0 Å². The Morgan fingerprint density at radius 2 is 1.79 bits per heavy atom. The highest BCUT2D eigenvalue weighted by Crippen LogP contribution is 2.35. The highest BCUT2D eigenvalue weighted by Gasteiger charge is 2.34. The summed E-state index contributed by atoms with van der Waals surface area (Å²) in [5.41, 5.74) is 0.572. The first-order valence-corrected chi connectivity index (χ1v) is 11.3. The molecule has 1 aliphatic rings. The predicted octanol–water partition coefficient (Wildman–Crippen LogP) is 2.78. The lowest BCUT2D eigenvalue weighted by atomic mass is 10.1. The van der Waals surface area contributed by atoms with E-state index in [1.54, 1.807) is 25.7 Å². The van der Waals surface area contributed by atoms with E-state index in [2.05, 4.69) is 5.32 Å². The molecule has 0 saturated carbocycles. The average Bonchev–Trinajstić information content (AvgIpc) is 2.96. The van der Waals surface area contributed by atoms with E-state index in [0.29, 0.717) is 17.9 Å². The third-order valence-corrected chi connectivity index (χ3v) is 7.68. The van der Waals surface area contributed by atoms with Crippen LogP contribution >= 0.6 is 11.3 Å². The van der Waals surface area contributed by atoms with E-state index in [9.17, 15) is 18.6 Å². The van der Waals surface area contributed by atoms with Gasteiger partial charge in [0.2, 0.25) is 0 Å². The van der Waals surface area contributed by atoms with Gasteiger partial charge in [-0.15, -0.1) is 11.3 Å². The quantitative estimate of drug-likeness (QED) is 0.721. The fraction of sp³-hybridized carbons (Fsp3) is 0.611. The second-order valence-electron chi connectivity index (χ2n) is 6.36. The van der Waals surface area contributed by atoms with Crippen molar-refractivity contribution in [1.29, 1.82) is 0 Å². The van der Waals surface area contributed by atoms with Crippen LogP contribution in [-0.4, -0.2) is 63.9 Å². The van der Waals surface area contributed by atoms with Crippen LogP contribution in [0.4, 0.5) is 9.80 Å². The summed E-state index contributed by atoms with van der Waals surface area (Å²) in [7, 11) is -0.976. The number of hydrogen-bond acceptors (Lipinski definition) is 7. The summed E-state index contributed by atoms with van der Waals surface area (Å²) in [6.45, 7) is 9.41. The Morgan fingerprint density at radius 3 is 2.39 bits per heavy atom. The molecule has 1 aromatic heterocycles. The fourth-order valence-corrected chi connectivity index (χ4v) is 5.36. The van der Waals surface area contributed by atoms with Gasteiger partial charge in [-0.25, -0.2) is 14.4 Å². The number of ether oxygens (including phenoxy) is 2. The molecule has 0 bridgehead atoms. The zero-order valence-electron chi connectivity index (χ0n) is 16.7. The van der Waals surface area contributed by atoms with Crippen LogP contribution in [0.3, 0.4) is 0 Å². The van der Waals surface area contributed by atoms with Crippen LogP contribution in [0.1, 0.15) is 53.3 Å². The van der Waals surface area contributed by atoms with Crippen molar-refractivity contribution in [3.05, 3.63) is 16.0 Å². The maximum absolute atomic E-state index is 12.8. The number of amides is 2. The molecule has 1 N–H and O–H groups in total. The number of carbonyl (C=O) groups is 3. The Balaban J connectivity index is 2.34. The van der Waals surface area contributed by atoms with Crippen LogP contribution in [0, 0.1) is 6.92 Å². The molecule has 8 nitrogen and oxygen atoms in total. The zero-order chi connectivity index (χ0) is 21.0. The van der Waals surface area contributed by atoms with E-state index in [0.717, 1.165) is 11.3 Å².